The Labute approximate surface area is 219 Å². The Morgan fingerprint density at radius 3 is 1.61 bits per heavy atom. The van der Waals surface area contributed by atoms with Crippen molar-refractivity contribution in [2.24, 2.45) is 0 Å². The molecule has 0 bridgehead atoms. The minimum atomic E-state index is -1.34. The molecule has 0 saturated heterocycles. The molecule has 0 amide bonds. The molecular formula is C30H26BBrO4. The van der Waals surface area contributed by atoms with Crippen LogP contribution < -0.4 is 5.46 Å². The van der Waals surface area contributed by atoms with Gasteiger partial charge >= 0.3 is 7.12 Å². The summed E-state index contributed by atoms with van der Waals surface area (Å²) in [6, 6.07) is 30.7. The van der Waals surface area contributed by atoms with Gasteiger partial charge in [0.25, 0.3) is 0 Å². The van der Waals surface area contributed by atoms with E-state index in [0.29, 0.717) is 18.3 Å². The van der Waals surface area contributed by atoms with Crippen LogP contribution in [0, 0.1) is 0 Å². The van der Waals surface area contributed by atoms with Crippen molar-refractivity contribution in [2.45, 2.75) is 25.7 Å². The van der Waals surface area contributed by atoms with Crippen LogP contribution in [0.2, 0.25) is 0 Å². The molecule has 4 aromatic carbocycles. The standard InChI is InChI=1S/C15H12O.C9H7BrO.C6H7BO2/c16-15-10-9-13-12(7-4-8-14(13)15)11-5-2-1-3-6-11;10-8-3-1-2-7-6(8)4-5-9(7)11;8-7(9)6-4-2-1-3-5-6/h1-8H,9-10H2;1-3H,4-5H2;1-5,8-9H. The number of ketones is 2. The monoisotopic (exact) mass is 540 g/mol. The van der Waals surface area contributed by atoms with Crippen molar-refractivity contribution in [3.8, 4) is 11.1 Å². The van der Waals surface area contributed by atoms with Crippen LogP contribution >= 0.6 is 15.9 Å². The summed E-state index contributed by atoms with van der Waals surface area (Å²) in [4.78, 5) is 22.8. The third kappa shape index (κ3) is 6.08. The van der Waals surface area contributed by atoms with Crippen LogP contribution in [-0.4, -0.2) is 28.7 Å². The highest BCUT2D eigenvalue weighted by Gasteiger charge is 2.22. The Morgan fingerprint density at radius 1 is 0.556 bits per heavy atom. The average Bonchev–Trinajstić information content (AvgIpc) is 3.49. The first kappa shape index (κ1) is 25.8. The molecule has 4 aromatic rings. The highest BCUT2D eigenvalue weighted by Crippen LogP contribution is 2.32. The number of carbonyl (C=O) groups excluding carboxylic acids is 2. The molecule has 6 heteroatoms. The van der Waals surface area contributed by atoms with Crippen LogP contribution in [0.25, 0.3) is 11.1 Å². The van der Waals surface area contributed by atoms with Crippen LogP contribution in [0.5, 0.6) is 0 Å². The maximum Gasteiger partial charge on any atom is 0.488 e. The van der Waals surface area contributed by atoms with Gasteiger partial charge in [0, 0.05) is 28.4 Å². The molecule has 0 spiro atoms. The van der Waals surface area contributed by atoms with E-state index in [4.69, 9.17) is 10.0 Å². The molecule has 180 valence electrons. The summed E-state index contributed by atoms with van der Waals surface area (Å²) in [5, 5.41) is 17.2. The minimum absolute atomic E-state index is 0.279. The van der Waals surface area contributed by atoms with E-state index < -0.39 is 7.12 Å². The number of Topliss-reactive ketones (excluding diaryl/α,β-unsaturated/α-hetero) is 2. The van der Waals surface area contributed by atoms with E-state index >= 15 is 0 Å². The molecule has 4 nitrogen and oxygen atoms in total. The Bertz CT molecular complexity index is 1350. The first-order chi connectivity index (χ1) is 17.5. The number of hydrogen-bond acceptors (Lipinski definition) is 4. The SMILES string of the molecule is O=C1CCc2c(Br)cccc21.O=C1CCc2c1cccc2-c1ccccc1.OB(O)c1ccccc1. The first-order valence-corrected chi connectivity index (χ1v) is 12.7. The molecule has 6 rings (SSSR count). The predicted molar refractivity (Wildman–Crippen MR) is 148 cm³/mol. The van der Waals surface area contributed by atoms with Crippen molar-refractivity contribution in [1.82, 2.24) is 0 Å². The molecule has 2 aliphatic carbocycles. The quantitative estimate of drug-likeness (QED) is 0.333. The fourth-order valence-corrected chi connectivity index (χ4v) is 5.02. The molecule has 0 aromatic heterocycles. The second kappa shape index (κ2) is 12.1. The molecular weight excluding hydrogens is 515 g/mol. The molecule has 0 radical (unpaired) electrons. The van der Waals surface area contributed by atoms with Gasteiger partial charge in [0.15, 0.2) is 11.6 Å². The third-order valence-electron chi connectivity index (χ3n) is 6.28. The fourth-order valence-electron chi connectivity index (χ4n) is 4.45. The van der Waals surface area contributed by atoms with Crippen LogP contribution in [0.3, 0.4) is 0 Å². The van der Waals surface area contributed by atoms with Gasteiger partial charge in [0.1, 0.15) is 0 Å². The highest BCUT2D eigenvalue weighted by atomic mass is 79.9. The molecule has 0 heterocycles. The van der Waals surface area contributed by atoms with Gasteiger partial charge in [0.2, 0.25) is 0 Å². The van der Waals surface area contributed by atoms with Gasteiger partial charge in [-0.05, 0) is 46.6 Å². The molecule has 36 heavy (non-hydrogen) atoms. The van der Waals surface area contributed by atoms with E-state index in [1.807, 2.05) is 54.6 Å². The average molecular weight is 541 g/mol. The summed E-state index contributed by atoms with van der Waals surface area (Å²) in [7, 11) is -1.34. The van der Waals surface area contributed by atoms with Gasteiger partial charge in [-0.15, -0.1) is 0 Å². The van der Waals surface area contributed by atoms with Crippen LogP contribution in [0.4, 0.5) is 0 Å². The van der Waals surface area contributed by atoms with E-state index in [2.05, 4.69) is 34.1 Å². The van der Waals surface area contributed by atoms with Gasteiger partial charge in [0.05, 0.1) is 0 Å². The van der Waals surface area contributed by atoms with E-state index in [0.717, 1.165) is 28.4 Å². The molecule has 0 fully saturated rings. The van der Waals surface area contributed by atoms with Crippen molar-refractivity contribution >= 4 is 40.1 Å². The summed E-state index contributed by atoms with van der Waals surface area (Å²) < 4.78 is 1.07. The van der Waals surface area contributed by atoms with E-state index in [9.17, 15) is 9.59 Å². The lowest BCUT2D eigenvalue weighted by molar-refractivity contribution is 0.0986. The van der Waals surface area contributed by atoms with Crippen molar-refractivity contribution in [3.05, 3.63) is 124 Å². The van der Waals surface area contributed by atoms with Gasteiger partial charge in [-0.2, -0.15) is 0 Å². The smallest absolute Gasteiger partial charge is 0.423 e. The maximum absolute atomic E-state index is 11.6. The maximum atomic E-state index is 11.6. The molecule has 0 atom stereocenters. The molecule has 2 aliphatic rings. The molecule has 0 unspecified atom stereocenters. The lowest BCUT2D eigenvalue weighted by Crippen LogP contribution is -2.29. The Hall–Kier alpha value is -3.32. The van der Waals surface area contributed by atoms with Crippen LogP contribution in [0.15, 0.2) is 102 Å². The Morgan fingerprint density at radius 2 is 1.06 bits per heavy atom. The number of halogens is 1. The zero-order valence-electron chi connectivity index (χ0n) is 19.7. The second-order valence-corrected chi connectivity index (χ2v) is 9.45. The van der Waals surface area contributed by atoms with Crippen LogP contribution in [-0.2, 0) is 12.8 Å². The Kier molecular flexibility index (Phi) is 8.65. The normalized spacial score (nSPS) is 13.1. The topological polar surface area (TPSA) is 74.6 Å². The van der Waals surface area contributed by atoms with E-state index in [-0.39, 0.29) is 11.6 Å². The van der Waals surface area contributed by atoms with E-state index in [1.165, 1.54) is 22.3 Å². The fraction of sp³-hybridized carbons (Fsp3) is 0.133. The zero-order chi connectivity index (χ0) is 25.5. The largest absolute Gasteiger partial charge is 0.488 e. The minimum Gasteiger partial charge on any atom is -0.423 e. The van der Waals surface area contributed by atoms with E-state index in [1.54, 1.807) is 24.3 Å². The third-order valence-corrected chi connectivity index (χ3v) is 7.03. The van der Waals surface area contributed by atoms with Gasteiger partial charge in [-0.25, -0.2) is 0 Å². The summed E-state index contributed by atoms with van der Waals surface area (Å²) in [6.07, 6.45) is 3.13. The van der Waals surface area contributed by atoms with Gasteiger partial charge in [-0.3, -0.25) is 9.59 Å². The Balaban J connectivity index is 0.000000134. The number of carbonyl (C=O) groups is 2. The summed E-state index contributed by atoms with van der Waals surface area (Å²) in [5.74, 6) is 0.564. The lowest BCUT2D eigenvalue weighted by Gasteiger charge is -2.07. The molecule has 0 saturated carbocycles. The van der Waals surface area contributed by atoms with Crippen LogP contribution in [0.1, 0.15) is 44.7 Å². The summed E-state index contributed by atoms with van der Waals surface area (Å²) >= 11 is 3.42. The highest BCUT2D eigenvalue weighted by molar-refractivity contribution is 9.10. The van der Waals surface area contributed by atoms with Gasteiger partial charge in [-0.1, -0.05) is 107 Å². The zero-order valence-corrected chi connectivity index (χ0v) is 21.3. The van der Waals surface area contributed by atoms with Crippen molar-refractivity contribution in [1.29, 1.82) is 0 Å². The number of benzene rings is 4. The predicted octanol–water partition coefficient (Wildman–Crippen LogP) is 5.43. The number of rotatable bonds is 2. The van der Waals surface area contributed by atoms with Gasteiger partial charge < -0.3 is 10.0 Å². The lowest BCUT2D eigenvalue weighted by atomic mass is 9.81. The molecule has 0 aliphatic heterocycles. The van der Waals surface area contributed by atoms with Crippen molar-refractivity contribution < 1.29 is 19.6 Å². The second-order valence-electron chi connectivity index (χ2n) is 8.59. The molecule has 2 N–H and O–H groups in total. The van der Waals surface area contributed by atoms with Crippen molar-refractivity contribution in [3.63, 3.8) is 0 Å². The first-order valence-electron chi connectivity index (χ1n) is 11.9. The summed E-state index contributed by atoms with van der Waals surface area (Å²) in [6.45, 7) is 0. The number of hydrogen-bond donors (Lipinski definition) is 2. The van der Waals surface area contributed by atoms with Crippen molar-refractivity contribution in [2.75, 3.05) is 0 Å². The summed E-state index contributed by atoms with van der Waals surface area (Å²) in [5.41, 5.74) is 7.16. The number of fused-ring (bicyclic) bond motifs is 2.